The van der Waals surface area contributed by atoms with E-state index in [4.69, 9.17) is 4.52 Å². The lowest BCUT2D eigenvalue weighted by Crippen LogP contribution is -1.57. The monoisotopic (exact) mass is 254 g/mol. The molecular formula is C14H10N2OS. The van der Waals surface area contributed by atoms with Gasteiger partial charge in [0.25, 0.3) is 0 Å². The van der Waals surface area contributed by atoms with Gasteiger partial charge in [-0.15, -0.1) is 0 Å². The summed E-state index contributed by atoms with van der Waals surface area (Å²) in [5.41, 5.74) is 0.845. The molecule has 0 unspecified atom stereocenters. The van der Waals surface area contributed by atoms with Crippen LogP contribution >= 0.6 is 11.5 Å². The third-order valence-corrected chi connectivity index (χ3v) is 3.30. The van der Waals surface area contributed by atoms with Gasteiger partial charge >= 0.3 is 0 Å². The molecule has 88 valence electrons. The molecule has 4 heteroatoms. The lowest BCUT2D eigenvalue weighted by atomic mass is 10.3. The summed E-state index contributed by atoms with van der Waals surface area (Å²) in [4.78, 5) is 0. The number of rotatable bonds is 0. The van der Waals surface area contributed by atoms with Crippen LogP contribution in [0.15, 0.2) is 65.4 Å². The van der Waals surface area contributed by atoms with Crippen LogP contribution < -0.4 is 0 Å². The average molecular weight is 254 g/mol. The molecule has 0 N–H and O–H groups in total. The quantitative estimate of drug-likeness (QED) is 0.473. The zero-order valence-corrected chi connectivity index (χ0v) is 10.3. The van der Waals surface area contributed by atoms with Crippen LogP contribution in [-0.4, -0.2) is 9.53 Å². The molecule has 0 radical (unpaired) electrons. The Bertz CT molecular complexity index is 634. The van der Waals surface area contributed by atoms with Gasteiger partial charge in [0.1, 0.15) is 0 Å². The van der Waals surface area contributed by atoms with Gasteiger partial charge in [-0.3, -0.25) is 0 Å². The molecule has 0 saturated heterocycles. The molecule has 4 rings (SSSR count). The van der Waals surface area contributed by atoms with Crippen molar-refractivity contribution in [1.29, 1.82) is 0 Å². The topological polar surface area (TPSA) is 38.9 Å². The Balaban J connectivity index is 0.000000111. The molecule has 0 aliphatic heterocycles. The number of hydrogen-bond acceptors (Lipinski definition) is 4. The number of para-hydroxylation sites is 1. The maximum Gasteiger partial charge on any atom is 0.166 e. The van der Waals surface area contributed by atoms with E-state index in [0.717, 1.165) is 11.0 Å². The average Bonchev–Trinajstić information content (AvgIpc) is 3.08. The van der Waals surface area contributed by atoms with Gasteiger partial charge in [-0.25, -0.2) is 0 Å². The summed E-state index contributed by atoms with van der Waals surface area (Å²) in [5, 5.41) is 5.92. The fourth-order valence-corrected chi connectivity index (χ4v) is 2.27. The first-order chi connectivity index (χ1) is 8.93. The van der Waals surface area contributed by atoms with Crippen molar-refractivity contribution < 1.29 is 4.52 Å². The van der Waals surface area contributed by atoms with Crippen LogP contribution in [-0.2, 0) is 0 Å². The number of nitrogens with zero attached hydrogens (tertiary/aromatic N) is 2. The molecule has 2 aromatic heterocycles. The summed E-state index contributed by atoms with van der Waals surface area (Å²) >= 11 is 1.54. The van der Waals surface area contributed by atoms with E-state index in [1.165, 1.54) is 21.6 Å². The van der Waals surface area contributed by atoms with Crippen molar-refractivity contribution in [3.63, 3.8) is 0 Å². The van der Waals surface area contributed by atoms with E-state index < -0.39 is 0 Å². The Morgan fingerprint density at radius 3 is 2.44 bits per heavy atom. The molecule has 18 heavy (non-hydrogen) atoms. The van der Waals surface area contributed by atoms with Gasteiger partial charge < -0.3 is 4.52 Å². The molecule has 0 saturated carbocycles. The molecule has 0 aliphatic rings. The summed E-state index contributed by atoms with van der Waals surface area (Å²) in [6.45, 7) is 0. The molecule has 2 aromatic carbocycles. The number of benzene rings is 2. The molecule has 3 nitrogen and oxygen atoms in total. The van der Waals surface area contributed by atoms with E-state index in [1.807, 2.05) is 42.6 Å². The maximum atomic E-state index is 4.87. The van der Waals surface area contributed by atoms with Gasteiger partial charge in [0, 0.05) is 17.0 Å². The highest BCUT2D eigenvalue weighted by atomic mass is 32.1. The van der Waals surface area contributed by atoms with Crippen LogP contribution in [0.1, 0.15) is 0 Å². The first-order valence-corrected chi connectivity index (χ1v) is 6.30. The van der Waals surface area contributed by atoms with Crippen LogP contribution in [0.3, 0.4) is 0 Å². The molecule has 4 aromatic rings. The number of fused-ring (bicyclic) bond motifs is 2. The van der Waals surface area contributed by atoms with Crippen molar-refractivity contribution in [3.05, 3.63) is 60.9 Å². The number of hydrogen-bond donors (Lipinski definition) is 0. The Labute approximate surface area is 108 Å². The van der Waals surface area contributed by atoms with Crippen LogP contribution in [0.5, 0.6) is 0 Å². The minimum Gasteiger partial charge on any atom is -0.356 e. The van der Waals surface area contributed by atoms with Gasteiger partial charge in [0.2, 0.25) is 0 Å². The third kappa shape index (κ3) is 2.24. The standard InChI is InChI=1S/C7H5NO.C7H5NS/c2*1-2-4-7-6(3-1)5-8-9-7/h2*1-5H. The van der Waals surface area contributed by atoms with Crippen LogP contribution in [0.25, 0.3) is 21.1 Å². The highest BCUT2D eigenvalue weighted by Crippen LogP contribution is 2.15. The van der Waals surface area contributed by atoms with Crippen molar-refractivity contribution in [3.8, 4) is 0 Å². The highest BCUT2D eigenvalue weighted by Gasteiger charge is 1.91. The summed E-state index contributed by atoms with van der Waals surface area (Å²) < 4.78 is 10.2. The fraction of sp³-hybridized carbons (Fsp3) is 0. The third-order valence-electron chi connectivity index (χ3n) is 2.52. The molecule has 0 fully saturated rings. The summed E-state index contributed by atoms with van der Waals surface area (Å²) in [5.74, 6) is 0. The van der Waals surface area contributed by atoms with Crippen LogP contribution in [0.4, 0.5) is 0 Å². The zero-order valence-electron chi connectivity index (χ0n) is 9.48. The van der Waals surface area contributed by atoms with Gasteiger partial charge in [-0.2, -0.15) is 4.37 Å². The lowest BCUT2D eigenvalue weighted by Gasteiger charge is -1.80. The predicted molar refractivity (Wildman–Crippen MR) is 73.6 cm³/mol. The van der Waals surface area contributed by atoms with Crippen LogP contribution in [0, 0.1) is 0 Å². The smallest absolute Gasteiger partial charge is 0.166 e. The summed E-state index contributed by atoms with van der Waals surface area (Å²) in [6, 6.07) is 15.9. The van der Waals surface area contributed by atoms with Gasteiger partial charge in [0.15, 0.2) is 5.58 Å². The number of aromatic nitrogens is 2. The van der Waals surface area contributed by atoms with Crippen molar-refractivity contribution in [2.75, 3.05) is 0 Å². The molecule has 0 bridgehead atoms. The largest absolute Gasteiger partial charge is 0.356 e. The molecule has 0 spiro atoms. The zero-order chi connectivity index (χ0) is 12.2. The van der Waals surface area contributed by atoms with E-state index >= 15 is 0 Å². The molecular weight excluding hydrogens is 244 g/mol. The van der Waals surface area contributed by atoms with Crippen molar-refractivity contribution in [1.82, 2.24) is 9.53 Å². The Hall–Kier alpha value is -2.20. The molecule has 0 aliphatic carbocycles. The second-order valence-corrected chi connectivity index (χ2v) is 4.56. The maximum absolute atomic E-state index is 4.87. The predicted octanol–water partition coefficient (Wildman–Crippen LogP) is 4.12. The van der Waals surface area contributed by atoms with Crippen molar-refractivity contribution in [2.24, 2.45) is 0 Å². The minimum absolute atomic E-state index is 0.845. The highest BCUT2D eigenvalue weighted by molar-refractivity contribution is 7.13. The first kappa shape index (κ1) is 10.9. The van der Waals surface area contributed by atoms with Crippen molar-refractivity contribution in [2.45, 2.75) is 0 Å². The minimum atomic E-state index is 0.845. The first-order valence-electron chi connectivity index (χ1n) is 5.52. The van der Waals surface area contributed by atoms with E-state index in [9.17, 15) is 0 Å². The second kappa shape index (κ2) is 4.98. The SMILES string of the molecule is c1ccc2oncc2c1.c1ccc2sncc2c1. The fourth-order valence-electron chi connectivity index (χ4n) is 1.62. The van der Waals surface area contributed by atoms with E-state index in [-0.39, 0.29) is 0 Å². The Kier molecular flexibility index (Phi) is 3.02. The van der Waals surface area contributed by atoms with Gasteiger partial charge in [-0.05, 0) is 29.7 Å². The second-order valence-electron chi connectivity index (χ2n) is 3.73. The van der Waals surface area contributed by atoms with E-state index in [1.54, 1.807) is 6.20 Å². The van der Waals surface area contributed by atoms with Crippen molar-refractivity contribution >= 4 is 32.6 Å². The molecule has 0 amide bonds. The normalized spacial score (nSPS) is 10.2. The Morgan fingerprint density at radius 2 is 1.61 bits per heavy atom. The van der Waals surface area contributed by atoms with E-state index in [2.05, 4.69) is 21.7 Å². The lowest BCUT2D eigenvalue weighted by molar-refractivity contribution is 0.456. The molecule has 2 heterocycles. The summed E-state index contributed by atoms with van der Waals surface area (Å²) in [6.07, 6.45) is 3.59. The van der Waals surface area contributed by atoms with E-state index in [0.29, 0.717) is 0 Å². The van der Waals surface area contributed by atoms with Gasteiger partial charge in [-0.1, -0.05) is 35.5 Å². The summed E-state index contributed by atoms with van der Waals surface area (Å²) in [7, 11) is 0. The molecule has 0 atom stereocenters. The Morgan fingerprint density at radius 1 is 0.833 bits per heavy atom. The van der Waals surface area contributed by atoms with Gasteiger partial charge in [0.05, 0.1) is 10.9 Å². The van der Waals surface area contributed by atoms with Crippen LogP contribution in [0.2, 0.25) is 0 Å².